The minimum atomic E-state index is -0.637. The number of rotatable bonds is 2. The molecule has 0 N–H and O–H groups in total. The van der Waals surface area contributed by atoms with E-state index in [0.29, 0.717) is 5.56 Å². The van der Waals surface area contributed by atoms with Crippen molar-refractivity contribution in [3.05, 3.63) is 68.1 Å². The first-order valence-corrected chi connectivity index (χ1v) is 7.04. The summed E-state index contributed by atoms with van der Waals surface area (Å²) in [7, 11) is 0. The maximum Gasteiger partial charge on any atom is 0.126 e. The standard InChI is InChI=1S/C13H7Br2ClF2/c14-8-1-2-12(15)11(5-8)13(16)7-3-9(17)6-10(18)4-7/h1-6,13H. The summed E-state index contributed by atoms with van der Waals surface area (Å²) in [5, 5.41) is -0.623. The van der Waals surface area contributed by atoms with Gasteiger partial charge in [0.25, 0.3) is 0 Å². The largest absolute Gasteiger partial charge is 0.207 e. The molecule has 0 nitrogen and oxygen atoms in total. The minimum Gasteiger partial charge on any atom is -0.207 e. The zero-order valence-corrected chi connectivity index (χ0v) is 12.9. The van der Waals surface area contributed by atoms with Crippen molar-refractivity contribution in [1.29, 1.82) is 0 Å². The molecule has 0 amide bonds. The van der Waals surface area contributed by atoms with E-state index < -0.39 is 17.0 Å². The molecule has 1 unspecified atom stereocenters. The lowest BCUT2D eigenvalue weighted by Crippen LogP contribution is -1.97. The SMILES string of the molecule is Fc1cc(F)cc(C(Cl)c2cc(Br)ccc2Br)c1. The molecule has 0 aromatic heterocycles. The van der Waals surface area contributed by atoms with Gasteiger partial charge in [-0.1, -0.05) is 31.9 Å². The van der Waals surface area contributed by atoms with Gasteiger partial charge in [0.05, 0.1) is 5.38 Å². The van der Waals surface area contributed by atoms with Crippen molar-refractivity contribution >= 4 is 43.5 Å². The molecule has 0 spiro atoms. The fourth-order valence-corrected chi connectivity index (χ4v) is 2.90. The van der Waals surface area contributed by atoms with E-state index in [-0.39, 0.29) is 0 Å². The Morgan fingerprint density at radius 1 is 0.944 bits per heavy atom. The number of halogens is 5. The molecular formula is C13H7Br2ClF2. The molecule has 2 aromatic rings. The molecule has 0 aliphatic rings. The van der Waals surface area contributed by atoms with Gasteiger partial charge in [-0.15, -0.1) is 11.6 Å². The monoisotopic (exact) mass is 394 g/mol. The van der Waals surface area contributed by atoms with Crippen molar-refractivity contribution in [2.45, 2.75) is 5.38 Å². The van der Waals surface area contributed by atoms with Gasteiger partial charge in [-0.2, -0.15) is 0 Å². The Morgan fingerprint density at radius 2 is 1.56 bits per heavy atom. The topological polar surface area (TPSA) is 0 Å². The van der Waals surface area contributed by atoms with Crippen LogP contribution in [0.25, 0.3) is 0 Å². The lowest BCUT2D eigenvalue weighted by atomic mass is 10.0. The predicted octanol–water partition coefficient (Wildman–Crippen LogP) is 5.82. The fourth-order valence-electron chi connectivity index (χ4n) is 1.61. The highest BCUT2D eigenvalue weighted by atomic mass is 79.9. The van der Waals surface area contributed by atoms with E-state index in [9.17, 15) is 8.78 Å². The summed E-state index contributed by atoms with van der Waals surface area (Å²) in [5.74, 6) is -1.27. The molecule has 0 fully saturated rings. The summed E-state index contributed by atoms with van der Waals surface area (Å²) >= 11 is 13.0. The lowest BCUT2D eigenvalue weighted by molar-refractivity contribution is 0.580. The smallest absolute Gasteiger partial charge is 0.126 e. The highest BCUT2D eigenvalue weighted by Crippen LogP contribution is 2.35. The van der Waals surface area contributed by atoms with Crippen LogP contribution in [0.4, 0.5) is 8.78 Å². The average Bonchev–Trinajstić information content (AvgIpc) is 2.30. The number of hydrogen-bond donors (Lipinski definition) is 0. The van der Waals surface area contributed by atoms with Gasteiger partial charge in [-0.3, -0.25) is 0 Å². The molecule has 0 radical (unpaired) electrons. The second-order valence-corrected chi connectivity index (χ2v) is 5.94. The van der Waals surface area contributed by atoms with Gasteiger partial charge < -0.3 is 0 Å². The maximum absolute atomic E-state index is 13.2. The first kappa shape index (κ1) is 14.0. The van der Waals surface area contributed by atoms with Crippen molar-refractivity contribution < 1.29 is 8.78 Å². The second kappa shape index (κ2) is 5.68. The Kier molecular flexibility index (Phi) is 4.41. The average molecular weight is 396 g/mol. The van der Waals surface area contributed by atoms with Gasteiger partial charge >= 0.3 is 0 Å². The molecule has 0 aliphatic carbocycles. The quantitative estimate of drug-likeness (QED) is 0.561. The predicted molar refractivity (Wildman–Crippen MR) is 75.9 cm³/mol. The van der Waals surface area contributed by atoms with Crippen molar-refractivity contribution in [3.8, 4) is 0 Å². The van der Waals surface area contributed by atoms with Gasteiger partial charge in [0.1, 0.15) is 11.6 Å². The molecule has 0 saturated carbocycles. The molecule has 2 rings (SSSR count). The molecule has 0 saturated heterocycles. The van der Waals surface area contributed by atoms with Crippen LogP contribution < -0.4 is 0 Å². The molecule has 94 valence electrons. The van der Waals surface area contributed by atoms with Crippen LogP contribution in [0.3, 0.4) is 0 Å². The van der Waals surface area contributed by atoms with E-state index in [1.807, 2.05) is 18.2 Å². The first-order valence-electron chi connectivity index (χ1n) is 5.02. The summed E-state index contributed by atoms with van der Waals surface area (Å²) in [6, 6.07) is 8.77. The zero-order chi connectivity index (χ0) is 13.3. The van der Waals surface area contributed by atoms with E-state index in [0.717, 1.165) is 20.6 Å². The number of benzene rings is 2. The fraction of sp³-hybridized carbons (Fsp3) is 0.0769. The molecule has 0 aliphatic heterocycles. The summed E-state index contributed by atoms with van der Waals surface area (Å²) in [6.45, 7) is 0. The van der Waals surface area contributed by atoms with Crippen LogP contribution in [0.5, 0.6) is 0 Å². The molecule has 2 aromatic carbocycles. The van der Waals surface area contributed by atoms with E-state index in [2.05, 4.69) is 31.9 Å². The Labute approximate surface area is 125 Å². The van der Waals surface area contributed by atoms with Gasteiger partial charge in [-0.05, 0) is 41.5 Å². The third-order valence-corrected chi connectivity index (χ3v) is 4.11. The Bertz CT molecular complexity index is 567. The highest BCUT2D eigenvalue weighted by molar-refractivity contribution is 9.11. The van der Waals surface area contributed by atoms with Crippen molar-refractivity contribution in [1.82, 2.24) is 0 Å². The van der Waals surface area contributed by atoms with Crippen LogP contribution in [0.1, 0.15) is 16.5 Å². The van der Waals surface area contributed by atoms with E-state index in [4.69, 9.17) is 11.6 Å². The zero-order valence-electron chi connectivity index (χ0n) is 8.93. The second-order valence-electron chi connectivity index (χ2n) is 3.73. The molecule has 0 bridgehead atoms. The number of hydrogen-bond acceptors (Lipinski definition) is 0. The summed E-state index contributed by atoms with van der Waals surface area (Å²) in [6.07, 6.45) is 0. The van der Waals surface area contributed by atoms with Crippen LogP contribution in [-0.4, -0.2) is 0 Å². The Morgan fingerprint density at radius 3 is 2.17 bits per heavy atom. The van der Waals surface area contributed by atoms with Crippen LogP contribution in [0.2, 0.25) is 0 Å². The molecule has 5 heteroatoms. The lowest BCUT2D eigenvalue weighted by Gasteiger charge is -2.13. The van der Waals surface area contributed by atoms with Gasteiger partial charge in [0, 0.05) is 15.0 Å². The summed E-state index contributed by atoms with van der Waals surface area (Å²) in [4.78, 5) is 0. The Hall–Kier alpha value is -0.450. The van der Waals surface area contributed by atoms with Crippen LogP contribution >= 0.6 is 43.5 Å². The van der Waals surface area contributed by atoms with E-state index in [1.165, 1.54) is 12.1 Å². The van der Waals surface area contributed by atoms with Crippen molar-refractivity contribution in [2.24, 2.45) is 0 Å². The molecule has 18 heavy (non-hydrogen) atoms. The van der Waals surface area contributed by atoms with Crippen molar-refractivity contribution in [2.75, 3.05) is 0 Å². The van der Waals surface area contributed by atoms with E-state index >= 15 is 0 Å². The maximum atomic E-state index is 13.2. The van der Waals surface area contributed by atoms with Gasteiger partial charge in [0.2, 0.25) is 0 Å². The normalized spacial score (nSPS) is 12.5. The molecule has 0 heterocycles. The van der Waals surface area contributed by atoms with Crippen molar-refractivity contribution in [3.63, 3.8) is 0 Å². The molecule has 1 atom stereocenters. The van der Waals surface area contributed by atoms with E-state index in [1.54, 1.807) is 0 Å². The summed E-state index contributed by atoms with van der Waals surface area (Å²) < 4.78 is 28.0. The molecular weight excluding hydrogens is 389 g/mol. The highest BCUT2D eigenvalue weighted by Gasteiger charge is 2.16. The third kappa shape index (κ3) is 3.11. The minimum absolute atomic E-state index is 0.382. The third-order valence-electron chi connectivity index (χ3n) is 2.41. The van der Waals surface area contributed by atoms with Crippen LogP contribution in [-0.2, 0) is 0 Å². The van der Waals surface area contributed by atoms with Crippen LogP contribution in [0.15, 0.2) is 45.3 Å². The number of alkyl halides is 1. The Balaban J connectivity index is 2.47. The summed E-state index contributed by atoms with van der Waals surface area (Å²) in [5.41, 5.74) is 1.13. The first-order chi connectivity index (χ1) is 8.47. The van der Waals surface area contributed by atoms with Gasteiger partial charge in [-0.25, -0.2) is 8.78 Å². The van der Waals surface area contributed by atoms with Gasteiger partial charge in [0.15, 0.2) is 0 Å². The van der Waals surface area contributed by atoms with Crippen LogP contribution in [0, 0.1) is 11.6 Å².